The molecule has 0 aromatic heterocycles. The Balaban J connectivity index is 2.59. The topological polar surface area (TPSA) is 37.4 Å². The number of fused-ring (bicyclic) bond motifs is 1. The number of hydrogen-bond donors (Lipinski definition) is 0. The Kier molecular flexibility index (Phi) is 2.54. The van der Waals surface area contributed by atoms with Crippen molar-refractivity contribution in [2.24, 2.45) is 0 Å². The van der Waals surface area contributed by atoms with Crippen LogP contribution in [0.4, 0.5) is 0 Å². The van der Waals surface area contributed by atoms with Crippen LogP contribution in [0.2, 0.25) is 0 Å². The lowest BCUT2D eigenvalue weighted by Crippen LogP contribution is -2.30. The van der Waals surface area contributed by atoms with Gasteiger partial charge >= 0.3 is 0 Å². The monoisotopic (exact) mass is 217 g/mol. The van der Waals surface area contributed by atoms with Crippen molar-refractivity contribution in [2.45, 2.75) is 33.4 Å². The van der Waals surface area contributed by atoms with Crippen LogP contribution in [0, 0.1) is 6.92 Å². The second-order valence-corrected chi connectivity index (χ2v) is 4.48. The van der Waals surface area contributed by atoms with Crippen molar-refractivity contribution in [1.82, 2.24) is 4.90 Å². The molecule has 0 saturated carbocycles. The first-order valence-corrected chi connectivity index (χ1v) is 5.45. The van der Waals surface area contributed by atoms with E-state index in [-0.39, 0.29) is 17.4 Å². The summed E-state index contributed by atoms with van der Waals surface area (Å²) < 4.78 is 0. The molecule has 1 heterocycles. The Labute approximate surface area is 94.7 Å². The maximum Gasteiger partial charge on any atom is 0.254 e. The van der Waals surface area contributed by atoms with E-state index in [9.17, 15) is 9.59 Å². The fraction of sp³-hybridized carbons (Fsp3) is 0.385. The predicted molar refractivity (Wildman–Crippen MR) is 62.5 cm³/mol. The molecule has 0 atom stereocenters. The molecule has 0 spiro atoms. The summed E-state index contributed by atoms with van der Waals surface area (Å²) in [5.74, 6) is 0.0312. The molecule has 2 rings (SSSR count). The summed E-state index contributed by atoms with van der Waals surface area (Å²) >= 11 is 0. The van der Waals surface area contributed by atoms with Gasteiger partial charge in [0.2, 0.25) is 0 Å². The molecule has 0 fully saturated rings. The third kappa shape index (κ3) is 1.62. The molecule has 3 nitrogen and oxygen atoms in total. The number of aryl methyl sites for hydroxylation is 1. The largest absolute Gasteiger partial charge is 0.332 e. The van der Waals surface area contributed by atoms with Crippen LogP contribution in [0.15, 0.2) is 23.0 Å². The molecule has 84 valence electrons. The molecular formula is C13H15NO2. The van der Waals surface area contributed by atoms with Crippen molar-refractivity contribution in [3.8, 4) is 0 Å². The van der Waals surface area contributed by atoms with Crippen molar-refractivity contribution < 1.29 is 4.79 Å². The normalized spacial score (nSPS) is 14.5. The number of carbonyl (C=O) groups excluding carboxylic acids is 1. The molecule has 0 saturated heterocycles. The molecule has 0 bridgehead atoms. The third-order valence-corrected chi connectivity index (χ3v) is 3.02. The van der Waals surface area contributed by atoms with E-state index in [0.29, 0.717) is 12.1 Å². The molecule has 0 radical (unpaired) electrons. The van der Waals surface area contributed by atoms with Crippen molar-refractivity contribution in [1.29, 1.82) is 0 Å². The van der Waals surface area contributed by atoms with Crippen LogP contribution in [0.3, 0.4) is 0 Å². The zero-order valence-electron chi connectivity index (χ0n) is 9.78. The van der Waals surface area contributed by atoms with Gasteiger partial charge in [-0.2, -0.15) is 0 Å². The first kappa shape index (κ1) is 10.9. The zero-order chi connectivity index (χ0) is 11.9. The van der Waals surface area contributed by atoms with Crippen LogP contribution in [-0.4, -0.2) is 16.8 Å². The van der Waals surface area contributed by atoms with E-state index < -0.39 is 0 Å². The Morgan fingerprint density at radius 2 is 1.94 bits per heavy atom. The minimum Gasteiger partial charge on any atom is -0.332 e. The van der Waals surface area contributed by atoms with Crippen molar-refractivity contribution in [3.05, 3.63) is 45.1 Å². The van der Waals surface area contributed by atoms with E-state index >= 15 is 0 Å². The molecular weight excluding hydrogens is 202 g/mol. The van der Waals surface area contributed by atoms with Crippen LogP contribution in [0.5, 0.6) is 0 Å². The van der Waals surface area contributed by atoms with Crippen molar-refractivity contribution in [2.75, 3.05) is 0 Å². The van der Waals surface area contributed by atoms with E-state index in [2.05, 4.69) is 0 Å². The van der Waals surface area contributed by atoms with E-state index in [1.807, 2.05) is 25.7 Å². The first-order valence-electron chi connectivity index (χ1n) is 5.45. The average Bonchev–Trinajstić information content (AvgIpc) is 2.45. The number of carbonyl (C=O) groups is 1. The van der Waals surface area contributed by atoms with Gasteiger partial charge in [-0.15, -0.1) is 0 Å². The second-order valence-electron chi connectivity index (χ2n) is 4.48. The standard InChI is InChI=1S/C13H15NO2/c1-8(2)14-7-12-9(3)6-10(15)4-5-11(12)13(14)16/h4-6,8H,7H2,1-3H3. The fourth-order valence-corrected chi connectivity index (χ4v) is 2.05. The van der Waals surface area contributed by atoms with Gasteiger partial charge in [0.15, 0.2) is 5.43 Å². The molecule has 3 heteroatoms. The van der Waals surface area contributed by atoms with Gasteiger partial charge in [0.25, 0.3) is 5.91 Å². The Morgan fingerprint density at radius 3 is 2.56 bits per heavy atom. The predicted octanol–water partition coefficient (Wildman–Crippen LogP) is 1.72. The Hall–Kier alpha value is -1.64. The summed E-state index contributed by atoms with van der Waals surface area (Å²) in [6, 6.07) is 4.90. The first-order chi connectivity index (χ1) is 7.50. The second kappa shape index (κ2) is 3.74. The molecule has 0 aliphatic carbocycles. The highest BCUT2D eigenvalue weighted by molar-refractivity contribution is 5.98. The minimum absolute atomic E-state index is 0.0312. The maximum atomic E-state index is 12.1. The van der Waals surface area contributed by atoms with Crippen LogP contribution < -0.4 is 5.43 Å². The van der Waals surface area contributed by atoms with Gasteiger partial charge < -0.3 is 4.90 Å². The molecule has 0 N–H and O–H groups in total. The van der Waals surface area contributed by atoms with E-state index in [4.69, 9.17) is 0 Å². The van der Waals surface area contributed by atoms with E-state index in [1.165, 1.54) is 6.07 Å². The molecule has 1 aromatic rings. The lowest BCUT2D eigenvalue weighted by Gasteiger charge is -2.20. The molecule has 1 aliphatic rings. The van der Waals surface area contributed by atoms with Crippen LogP contribution >= 0.6 is 0 Å². The average molecular weight is 217 g/mol. The summed E-state index contributed by atoms with van der Waals surface area (Å²) in [4.78, 5) is 25.2. The molecule has 1 amide bonds. The van der Waals surface area contributed by atoms with Gasteiger partial charge in [-0.25, -0.2) is 0 Å². The fourth-order valence-electron chi connectivity index (χ4n) is 2.05. The summed E-state index contributed by atoms with van der Waals surface area (Å²) in [5.41, 5.74) is 2.52. The summed E-state index contributed by atoms with van der Waals surface area (Å²) in [6.45, 7) is 6.50. The van der Waals surface area contributed by atoms with E-state index in [0.717, 1.165) is 11.1 Å². The van der Waals surface area contributed by atoms with E-state index in [1.54, 1.807) is 12.1 Å². The number of amides is 1. The molecule has 0 unspecified atom stereocenters. The highest BCUT2D eigenvalue weighted by Gasteiger charge is 2.29. The summed E-state index contributed by atoms with van der Waals surface area (Å²) in [5, 5.41) is 0. The van der Waals surface area contributed by atoms with Crippen LogP contribution in [0.25, 0.3) is 0 Å². The minimum atomic E-state index is -0.0456. The highest BCUT2D eigenvalue weighted by atomic mass is 16.2. The van der Waals surface area contributed by atoms with Gasteiger partial charge in [-0.05, 0) is 50.1 Å². The molecule has 1 aliphatic heterocycles. The summed E-state index contributed by atoms with van der Waals surface area (Å²) in [6.07, 6.45) is 0. The SMILES string of the molecule is Cc1cc(=O)ccc2c1CN(C(C)C)C2=O. The van der Waals surface area contributed by atoms with Gasteiger partial charge in [0.05, 0.1) is 0 Å². The molecule has 1 aromatic carbocycles. The Morgan fingerprint density at radius 1 is 1.25 bits per heavy atom. The molecule has 16 heavy (non-hydrogen) atoms. The smallest absolute Gasteiger partial charge is 0.254 e. The summed E-state index contributed by atoms with van der Waals surface area (Å²) in [7, 11) is 0. The number of hydrogen-bond acceptors (Lipinski definition) is 2. The van der Waals surface area contributed by atoms with Crippen molar-refractivity contribution in [3.63, 3.8) is 0 Å². The number of nitrogens with zero attached hydrogens (tertiary/aromatic N) is 1. The van der Waals surface area contributed by atoms with Gasteiger partial charge in [0.1, 0.15) is 0 Å². The lowest BCUT2D eigenvalue weighted by molar-refractivity contribution is 0.0730. The highest BCUT2D eigenvalue weighted by Crippen LogP contribution is 2.25. The Bertz CT molecular complexity index is 506. The van der Waals surface area contributed by atoms with Crippen LogP contribution in [-0.2, 0) is 6.54 Å². The van der Waals surface area contributed by atoms with Gasteiger partial charge in [-0.3, -0.25) is 9.59 Å². The lowest BCUT2D eigenvalue weighted by atomic mass is 10.1. The quantitative estimate of drug-likeness (QED) is 0.718. The van der Waals surface area contributed by atoms with Crippen LogP contribution in [0.1, 0.15) is 35.3 Å². The maximum absolute atomic E-state index is 12.1. The van der Waals surface area contributed by atoms with Crippen molar-refractivity contribution >= 4 is 5.91 Å². The number of rotatable bonds is 1. The third-order valence-electron chi connectivity index (χ3n) is 3.02. The van der Waals surface area contributed by atoms with Gasteiger partial charge in [0, 0.05) is 18.2 Å². The zero-order valence-corrected chi connectivity index (χ0v) is 9.78. The van der Waals surface area contributed by atoms with Gasteiger partial charge in [-0.1, -0.05) is 0 Å².